The van der Waals surface area contributed by atoms with E-state index >= 15 is 0 Å². The number of Topliss-reactive ketones (excluding diaryl/α,β-unsaturated/α-hetero) is 1. The first kappa shape index (κ1) is 11.8. The molecule has 1 saturated carbocycles. The molecule has 0 spiro atoms. The highest BCUT2D eigenvalue weighted by atomic mass is 16.5. The molecule has 2 rings (SSSR count). The Balaban J connectivity index is 1.87. The predicted octanol–water partition coefficient (Wildman–Crippen LogP) is 2.31. The number of esters is 1. The lowest BCUT2D eigenvalue weighted by atomic mass is 10.1. The van der Waals surface area contributed by atoms with E-state index < -0.39 is 5.97 Å². The van der Waals surface area contributed by atoms with Gasteiger partial charge < -0.3 is 4.74 Å². The molecule has 0 aliphatic heterocycles. The van der Waals surface area contributed by atoms with Gasteiger partial charge in [-0.2, -0.15) is 0 Å². The van der Waals surface area contributed by atoms with Crippen molar-refractivity contribution in [2.45, 2.75) is 25.7 Å². The van der Waals surface area contributed by atoms with Gasteiger partial charge in [0.2, 0.25) is 0 Å². The van der Waals surface area contributed by atoms with Gasteiger partial charge in [0.05, 0.1) is 6.61 Å². The standard InChI is InChI=1S/C14H16O3/c1-2-17-14(16)9-13(15)12-8-11(12)10-6-4-3-5-7-10/h3-7,11-12H,2,8-9H2,1H3/t11-,12+/m1/s1. The molecule has 1 aliphatic rings. The fourth-order valence-corrected chi connectivity index (χ4v) is 2.10. The Morgan fingerprint density at radius 3 is 2.65 bits per heavy atom. The van der Waals surface area contributed by atoms with E-state index in [0.717, 1.165) is 6.42 Å². The van der Waals surface area contributed by atoms with Gasteiger partial charge in [0.15, 0.2) is 0 Å². The van der Waals surface area contributed by atoms with Gasteiger partial charge in [0.25, 0.3) is 0 Å². The van der Waals surface area contributed by atoms with Gasteiger partial charge in [-0.25, -0.2) is 0 Å². The number of ether oxygens (including phenoxy) is 1. The highest BCUT2D eigenvalue weighted by molar-refractivity contribution is 5.98. The van der Waals surface area contributed by atoms with E-state index in [1.165, 1.54) is 5.56 Å². The molecule has 90 valence electrons. The van der Waals surface area contributed by atoms with Crippen LogP contribution in [0.3, 0.4) is 0 Å². The fourth-order valence-electron chi connectivity index (χ4n) is 2.10. The van der Waals surface area contributed by atoms with Gasteiger partial charge in [0, 0.05) is 5.92 Å². The second kappa shape index (κ2) is 5.13. The van der Waals surface area contributed by atoms with Crippen LogP contribution in [-0.4, -0.2) is 18.4 Å². The third-order valence-corrected chi connectivity index (χ3v) is 3.06. The highest BCUT2D eigenvalue weighted by Gasteiger charge is 2.43. The molecule has 1 fully saturated rings. The zero-order valence-corrected chi connectivity index (χ0v) is 9.89. The van der Waals surface area contributed by atoms with E-state index in [2.05, 4.69) is 0 Å². The van der Waals surface area contributed by atoms with Gasteiger partial charge in [-0.05, 0) is 24.8 Å². The molecule has 3 nitrogen and oxygen atoms in total. The molecule has 0 unspecified atom stereocenters. The molecular weight excluding hydrogens is 216 g/mol. The van der Waals surface area contributed by atoms with Gasteiger partial charge >= 0.3 is 5.97 Å². The summed E-state index contributed by atoms with van der Waals surface area (Å²) < 4.78 is 4.77. The normalized spacial score (nSPS) is 21.9. The molecule has 0 aromatic heterocycles. The zero-order chi connectivity index (χ0) is 12.3. The van der Waals surface area contributed by atoms with Crippen molar-refractivity contribution in [2.24, 2.45) is 5.92 Å². The number of benzene rings is 1. The number of ketones is 1. The van der Waals surface area contributed by atoms with Crippen molar-refractivity contribution in [3.05, 3.63) is 35.9 Å². The van der Waals surface area contributed by atoms with Crippen LogP contribution in [0.2, 0.25) is 0 Å². The SMILES string of the molecule is CCOC(=O)CC(=O)[C@H]1C[C@@H]1c1ccccc1. The summed E-state index contributed by atoms with van der Waals surface area (Å²) in [6, 6.07) is 9.97. The average molecular weight is 232 g/mol. The maximum Gasteiger partial charge on any atom is 0.313 e. The molecule has 0 heterocycles. The first-order valence-corrected chi connectivity index (χ1v) is 5.95. The van der Waals surface area contributed by atoms with Crippen LogP contribution in [0.4, 0.5) is 0 Å². The number of hydrogen-bond donors (Lipinski definition) is 0. The van der Waals surface area contributed by atoms with Crippen LogP contribution in [0.1, 0.15) is 31.2 Å². The monoisotopic (exact) mass is 232 g/mol. The van der Waals surface area contributed by atoms with Crippen molar-refractivity contribution in [3.63, 3.8) is 0 Å². The van der Waals surface area contributed by atoms with Crippen LogP contribution in [-0.2, 0) is 14.3 Å². The Morgan fingerprint density at radius 1 is 1.29 bits per heavy atom. The summed E-state index contributed by atoms with van der Waals surface area (Å²) in [7, 11) is 0. The van der Waals surface area contributed by atoms with Crippen molar-refractivity contribution in [3.8, 4) is 0 Å². The molecule has 0 N–H and O–H groups in total. The summed E-state index contributed by atoms with van der Waals surface area (Å²) >= 11 is 0. The quantitative estimate of drug-likeness (QED) is 0.578. The molecule has 2 atom stereocenters. The lowest BCUT2D eigenvalue weighted by molar-refractivity contribution is -0.145. The molecule has 0 amide bonds. The van der Waals surface area contributed by atoms with E-state index in [-0.39, 0.29) is 18.1 Å². The molecule has 0 bridgehead atoms. The van der Waals surface area contributed by atoms with Crippen molar-refractivity contribution in [1.82, 2.24) is 0 Å². The molecule has 17 heavy (non-hydrogen) atoms. The van der Waals surface area contributed by atoms with Gasteiger partial charge in [0.1, 0.15) is 12.2 Å². The van der Waals surface area contributed by atoms with E-state index in [1.807, 2.05) is 30.3 Å². The number of carbonyl (C=O) groups excluding carboxylic acids is 2. The van der Waals surface area contributed by atoms with Crippen molar-refractivity contribution >= 4 is 11.8 Å². The zero-order valence-electron chi connectivity index (χ0n) is 9.89. The predicted molar refractivity (Wildman–Crippen MR) is 63.5 cm³/mol. The van der Waals surface area contributed by atoms with E-state index in [0.29, 0.717) is 12.5 Å². The third-order valence-electron chi connectivity index (χ3n) is 3.06. The van der Waals surface area contributed by atoms with Crippen LogP contribution in [0.15, 0.2) is 30.3 Å². The smallest absolute Gasteiger partial charge is 0.313 e. The summed E-state index contributed by atoms with van der Waals surface area (Å²) in [4.78, 5) is 23.0. The molecular formula is C14H16O3. The van der Waals surface area contributed by atoms with Gasteiger partial charge in [-0.1, -0.05) is 30.3 Å². The van der Waals surface area contributed by atoms with E-state index in [4.69, 9.17) is 4.74 Å². The summed E-state index contributed by atoms with van der Waals surface area (Å²) in [5.74, 6) is -0.0755. The third kappa shape index (κ3) is 2.93. The minimum Gasteiger partial charge on any atom is -0.466 e. The molecule has 0 saturated heterocycles. The van der Waals surface area contributed by atoms with Crippen LogP contribution in [0.25, 0.3) is 0 Å². The fraction of sp³-hybridized carbons (Fsp3) is 0.429. The Labute approximate surface area is 101 Å². The molecule has 3 heteroatoms. The number of carbonyl (C=O) groups is 2. The molecule has 1 aromatic carbocycles. The van der Waals surface area contributed by atoms with E-state index in [9.17, 15) is 9.59 Å². The largest absolute Gasteiger partial charge is 0.466 e. The number of hydrogen-bond acceptors (Lipinski definition) is 3. The Morgan fingerprint density at radius 2 is 2.00 bits per heavy atom. The summed E-state index contributed by atoms with van der Waals surface area (Å²) in [5, 5.41) is 0. The Kier molecular flexibility index (Phi) is 3.57. The Hall–Kier alpha value is -1.64. The van der Waals surface area contributed by atoms with Gasteiger partial charge in [-0.15, -0.1) is 0 Å². The average Bonchev–Trinajstić information content (AvgIpc) is 3.10. The highest BCUT2D eigenvalue weighted by Crippen LogP contribution is 2.48. The van der Waals surface area contributed by atoms with Crippen molar-refractivity contribution < 1.29 is 14.3 Å². The van der Waals surface area contributed by atoms with Crippen molar-refractivity contribution in [1.29, 1.82) is 0 Å². The lowest BCUT2D eigenvalue weighted by Crippen LogP contribution is -2.13. The number of rotatable bonds is 5. The maximum atomic E-state index is 11.8. The maximum absolute atomic E-state index is 11.8. The van der Waals surface area contributed by atoms with Crippen LogP contribution < -0.4 is 0 Å². The first-order valence-electron chi connectivity index (χ1n) is 5.95. The van der Waals surface area contributed by atoms with Crippen LogP contribution >= 0.6 is 0 Å². The second-order valence-electron chi connectivity index (χ2n) is 4.31. The first-order chi connectivity index (χ1) is 8.22. The molecule has 1 aromatic rings. The summed E-state index contributed by atoms with van der Waals surface area (Å²) in [5.41, 5.74) is 1.19. The van der Waals surface area contributed by atoms with Crippen LogP contribution in [0.5, 0.6) is 0 Å². The lowest BCUT2D eigenvalue weighted by Gasteiger charge is -2.01. The minimum absolute atomic E-state index is 0.0114. The Bertz CT molecular complexity index is 411. The van der Waals surface area contributed by atoms with Gasteiger partial charge in [-0.3, -0.25) is 9.59 Å². The summed E-state index contributed by atoms with van der Waals surface area (Å²) in [6.07, 6.45) is 0.782. The van der Waals surface area contributed by atoms with Crippen LogP contribution in [0, 0.1) is 5.92 Å². The van der Waals surface area contributed by atoms with E-state index in [1.54, 1.807) is 6.92 Å². The second-order valence-corrected chi connectivity index (χ2v) is 4.31. The molecule has 1 aliphatic carbocycles. The summed E-state index contributed by atoms with van der Waals surface area (Å²) in [6.45, 7) is 2.07. The molecule has 0 radical (unpaired) electrons. The topological polar surface area (TPSA) is 43.4 Å². The van der Waals surface area contributed by atoms with Crippen molar-refractivity contribution in [2.75, 3.05) is 6.61 Å². The minimum atomic E-state index is -0.406.